The van der Waals surface area contributed by atoms with Crippen molar-refractivity contribution in [3.63, 3.8) is 0 Å². The summed E-state index contributed by atoms with van der Waals surface area (Å²) in [5.41, 5.74) is 1.14. The molecule has 3 rings (SSSR count). The Bertz CT molecular complexity index is 1060. The van der Waals surface area contributed by atoms with Gasteiger partial charge in [-0.05, 0) is 29.8 Å². The van der Waals surface area contributed by atoms with Gasteiger partial charge in [0.15, 0.2) is 0 Å². The van der Waals surface area contributed by atoms with Gasteiger partial charge >= 0.3 is 0 Å². The number of piperazine rings is 1. The maximum Gasteiger partial charge on any atom is 0.269 e. The van der Waals surface area contributed by atoms with E-state index in [0.717, 1.165) is 6.07 Å². The van der Waals surface area contributed by atoms with Gasteiger partial charge in [0.1, 0.15) is 10.8 Å². The Kier molecular flexibility index (Phi) is 6.65. The third-order valence-electron chi connectivity index (χ3n) is 5.02. The smallest absolute Gasteiger partial charge is 0.269 e. The summed E-state index contributed by atoms with van der Waals surface area (Å²) in [6.07, 6.45) is 1.23. The Morgan fingerprint density at radius 3 is 2.61 bits per heavy atom. The van der Waals surface area contributed by atoms with E-state index in [0.29, 0.717) is 29.9 Å². The van der Waals surface area contributed by atoms with Crippen LogP contribution in [0.5, 0.6) is 0 Å². The maximum absolute atomic E-state index is 14.1. The molecule has 2 aromatic rings. The molecule has 3 amide bonds. The Morgan fingerprint density at radius 2 is 1.97 bits per heavy atom. The zero-order valence-electron chi connectivity index (χ0n) is 17.1. The SMILES string of the molecule is C=CC(=O)N1CCN(C(C)=O)[C@@H](c2cc(Cl)nc(-c3cc(F)nc(C(=O)NC)c3)c2)C1. The van der Waals surface area contributed by atoms with Gasteiger partial charge < -0.3 is 15.1 Å². The molecule has 1 N–H and O–H groups in total. The summed E-state index contributed by atoms with van der Waals surface area (Å²) in [4.78, 5) is 47.3. The van der Waals surface area contributed by atoms with Gasteiger partial charge in [0.2, 0.25) is 17.8 Å². The number of aromatic nitrogens is 2. The summed E-state index contributed by atoms with van der Waals surface area (Å²) in [6, 6.07) is 5.34. The molecule has 0 radical (unpaired) electrons. The second-order valence-corrected chi connectivity index (χ2v) is 7.36. The van der Waals surface area contributed by atoms with Crippen LogP contribution in [-0.4, -0.2) is 64.2 Å². The van der Waals surface area contributed by atoms with E-state index >= 15 is 0 Å². The van der Waals surface area contributed by atoms with Gasteiger partial charge in [0.05, 0.1) is 11.7 Å². The average molecular weight is 446 g/mol. The number of halogens is 2. The summed E-state index contributed by atoms with van der Waals surface area (Å²) in [7, 11) is 1.42. The Morgan fingerprint density at radius 1 is 1.23 bits per heavy atom. The van der Waals surface area contributed by atoms with Crippen molar-refractivity contribution in [2.75, 3.05) is 26.7 Å². The number of amides is 3. The Labute approximate surface area is 183 Å². The molecule has 0 aliphatic carbocycles. The molecule has 2 aromatic heterocycles. The van der Waals surface area contributed by atoms with Gasteiger partial charge in [-0.15, -0.1) is 0 Å². The molecular weight excluding hydrogens is 425 g/mol. The fourth-order valence-corrected chi connectivity index (χ4v) is 3.74. The molecule has 3 heterocycles. The fourth-order valence-electron chi connectivity index (χ4n) is 3.52. The van der Waals surface area contributed by atoms with Crippen molar-refractivity contribution in [2.24, 2.45) is 0 Å². The van der Waals surface area contributed by atoms with E-state index in [1.807, 2.05) is 0 Å². The molecule has 0 bridgehead atoms. The molecule has 1 fully saturated rings. The van der Waals surface area contributed by atoms with Crippen LogP contribution in [0.25, 0.3) is 11.3 Å². The third kappa shape index (κ3) is 4.88. The monoisotopic (exact) mass is 445 g/mol. The lowest BCUT2D eigenvalue weighted by Gasteiger charge is -2.41. The van der Waals surface area contributed by atoms with Crippen molar-refractivity contribution < 1.29 is 18.8 Å². The molecule has 1 atom stereocenters. The predicted molar refractivity (Wildman–Crippen MR) is 113 cm³/mol. The van der Waals surface area contributed by atoms with Crippen molar-refractivity contribution in [1.29, 1.82) is 0 Å². The van der Waals surface area contributed by atoms with Crippen LogP contribution in [0.3, 0.4) is 0 Å². The van der Waals surface area contributed by atoms with E-state index in [9.17, 15) is 18.8 Å². The van der Waals surface area contributed by atoms with E-state index in [2.05, 4.69) is 21.9 Å². The van der Waals surface area contributed by atoms with E-state index in [4.69, 9.17) is 11.6 Å². The van der Waals surface area contributed by atoms with Crippen LogP contribution in [-0.2, 0) is 9.59 Å². The molecule has 0 aromatic carbocycles. The van der Waals surface area contributed by atoms with Crippen LogP contribution in [0.15, 0.2) is 36.9 Å². The minimum absolute atomic E-state index is 0.105. The first-order chi connectivity index (χ1) is 14.7. The molecule has 8 nitrogen and oxygen atoms in total. The van der Waals surface area contributed by atoms with Gasteiger partial charge in [0.25, 0.3) is 5.91 Å². The van der Waals surface area contributed by atoms with Crippen molar-refractivity contribution in [1.82, 2.24) is 25.1 Å². The van der Waals surface area contributed by atoms with E-state index in [-0.39, 0.29) is 29.2 Å². The van der Waals surface area contributed by atoms with Crippen LogP contribution in [0, 0.1) is 5.95 Å². The quantitative estimate of drug-likeness (QED) is 0.575. The van der Waals surface area contributed by atoms with Gasteiger partial charge in [-0.25, -0.2) is 9.97 Å². The molecule has 0 spiro atoms. The molecule has 1 aliphatic heterocycles. The molecular formula is C21H21ClFN5O3. The predicted octanol–water partition coefficient (Wildman–Crippen LogP) is 2.21. The summed E-state index contributed by atoms with van der Waals surface area (Å²) in [5.74, 6) is -1.77. The number of carbonyl (C=O) groups is 3. The molecule has 0 saturated carbocycles. The Balaban J connectivity index is 2.06. The van der Waals surface area contributed by atoms with Gasteiger partial charge in [-0.2, -0.15) is 4.39 Å². The van der Waals surface area contributed by atoms with Gasteiger partial charge in [-0.1, -0.05) is 18.2 Å². The lowest BCUT2D eigenvalue weighted by Crippen LogP contribution is -2.51. The van der Waals surface area contributed by atoms with Crippen LogP contribution < -0.4 is 5.32 Å². The largest absolute Gasteiger partial charge is 0.354 e. The second-order valence-electron chi connectivity index (χ2n) is 6.97. The zero-order chi connectivity index (χ0) is 22.7. The van der Waals surface area contributed by atoms with Crippen molar-refractivity contribution in [3.05, 3.63) is 59.3 Å². The van der Waals surface area contributed by atoms with Crippen LogP contribution in [0.1, 0.15) is 29.0 Å². The van der Waals surface area contributed by atoms with E-state index in [1.54, 1.807) is 21.9 Å². The molecule has 162 valence electrons. The second kappa shape index (κ2) is 9.22. The first-order valence-corrected chi connectivity index (χ1v) is 9.87. The summed E-state index contributed by atoms with van der Waals surface area (Å²) >= 11 is 6.24. The standard InChI is InChI=1S/C21H21ClFN5O3/c1-4-20(30)27-5-6-28(12(2)29)17(11-27)14-8-15(25-18(22)9-14)13-7-16(21(31)24-3)26-19(23)10-13/h4,7-10,17H,1,5-6,11H2,2-3H3,(H,24,31)/t17-/m1/s1. The van der Waals surface area contributed by atoms with Crippen LogP contribution in [0.2, 0.25) is 5.15 Å². The van der Waals surface area contributed by atoms with Crippen LogP contribution in [0.4, 0.5) is 4.39 Å². The van der Waals surface area contributed by atoms with Crippen LogP contribution >= 0.6 is 11.6 Å². The van der Waals surface area contributed by atoms with Crippen molar-refractivity contribution in [3.8, 4) is 11.3 Å². The minimum atomic E-state index is -0.842. The fraction of sp³-hybridized carbons (Fsp3) is 0.286. The highest BCUT2D eigenvalue weighted by atomic mass is 35.5. The minimum Gasteiger partial charge on any atom is -0.354 e. The number of hydrogen-bond donors (Lipinski definition) is 1. The normalized spacial score (nSPS) is 16.1. The number of rotatable bonds is 4. The molecule has 0 unspecified atom stereocenters. The highest BCUT2D eigenvalue weighted by molar-refractivity contribution is 6.29. The average Bonchev–Trinajstić information content (AvgIpc) is 2.76. The lowest BCUT2D eigenvalue weighted by molar-refractivity contribution is -0.139. The summed E-state index contributed by atoms with van der Waals surface area (Å²) < 4.78 is 14.1. The van der Waals surface area contributed by atoms with Gasteiger partial charge in [0, 0.05) is 45.2 Å². The number of carbonyl (C=O) groups excluding carboxylic acids is 3. The molecule has 10 heteroatoms. The third-order valence-corrected chi connectivity index (χ3v) is 5.22. The first-order valence-electron chi connectivity index (χ1n) is 9.49. The lowest BCUT2D eigenvalue weighted by atomic mass is 10.00. The van der Waals surface area contributed by atoms with E-state index < -0.39 is 17.9 Å². The molecule has 1 aliphatic rings. The zero-order valence-corrected chi connectivity index (χ0v) is 17.8. The molecule has 1 saturated heterocycles. The number of pyridine rings is 2. The summed E-state index contributed by atoms with van der Waals surface area (Å²) in [5, 5.41) is 2.52. The highest BCUT2D eigenvalue weighted by Gasteiger charge is 2.32. The number of hydrogen-bond acceptors (Lipinski definition) is 5. The first kappa shape index (κ1) is 22.4. The van der Waals surface area contributed by atoms with Gasteiger partial charge in [-0.3, -0.25) is 14.4 Å². The maximum atomic E-state index is 14.1. The highest BCUT2D eigenvalue weighted by Crippen LogP contribution is 2.31. The number of nitrogens with zero attached hydrogens (tertiary/aromatic N) is 4. The molecule has 31 heavy (non-hydrogen) atoms. The number of nitrogens with one attached hydrogen (secondary N) is 1. The summed E-state index contributed by atoms with van der Waals surface area (Å²) in [6.45, 7) is 5.95. The van der Waals surface area contributed by atoms with Crippen molar-refractivity contribution >= 4 is 29.3 Å². The topological polar surface area (TPSA) is 95.5 Å². The van der Waals surface area contributed by atoms with Crippen molar-refractivity contribution in [2.45, 2.75) is 13.0 Å². The Hall–Kier alpha value is -3.33. The van der Waals surface area contributed by atoms with E-state index in [1.165, 1.54) is 26.1 Å².